The molecule has 0 aromatic heterocycles. The summed E-state index contributed by atoms with van der Waals surface area (Å²) in [4.78, 5) is 5.18. The maximum Gasteiger partial charge on any atom is 0.0685 e. The van der Waals surface area contributed by atoms with Crippen LogP contribution in [0.4, 0.5) is 0 Å². The highest BCUT2D eigenvalue weighted by atomic mass is 16.3. The average Bonchev–Trinajstić information content (AvgIpc) is 3.03. The molecule has 3 nitrogen and oxygen atoms in total. The molecule has 1 aliphatic heterocycles. The number of piperazine rings is 1. The number of aliphatic hydroxyl groups excluding tert-OH is 1. The van der Waals surface area contributed by atoms with Gasteiger partial charge in [-0.1, -0.05) is 37.1 Å². The molecule has 0 unspecified atom stereocenters. The van der Waals surface area contributed by atoms with Crippen molar-refractivity contribution in [1.82, 2.24) is 9.80 Å². The third-order valence-corrected chi connectivity index (χ3v) is 5.14. The minimum atomic E-state index is 0.151. The fourth-order valence-electron chi connectivity index (χ4n) is 3.79. The van der Waals surface area contributed by atoms with Crippen LogP contribution in [-0.4, -0.2) is 47.6 Å². The summed E-state index contributed by atoms with van der Waals surface area (Å²) in [5.74, 6) is 0.965. The van der Waals surface area contributed by atoms with Gasteiger partial charge in [-0.25, -0.2) is 0 Å². The Bertz CT molecular complexity index is 435. The van der Waals surface area contributed by atoms with Crippen LogP contribution in [0, 0.1) is 5.92 Å². The molecule has 0 spiro atoms. The summed E-state index contributed by atoms with van der Waals surface area (Å²) >= 11 is 0. The van der Waals surface area contributed by atoms with Crippen LogP contribution in [0.15, 0.2) is 24.3 Å². The molecule has 116 valence electrons. The zero-order chi connectivity index (χ0) is 14.5. The van der Waals surface area contributed by atoms with E-state index in [0.717, 1.165) is 31.1 Å². The molecule has 0 atom stereocenters. The van der Waals surface area contributed by atoms with E-state index in [4.69, 9.17) is 0 Å². The van der Waals surface area contributed by atoms with Crippen LogP contribution in [0.1, 0.15) is 36.8 Å². The lowest BCUT2D eigenvalue weighted by atomic mass is 10.1. The maximum atomic E-state index is 9.42. The first-order chi connectivity index (χ1) is 10.3. The van der Waals surface area contributed by atoms with Crippen molar-refractivity contribution in [2.45, 2.75) is 38.8 Å². The molecular weight excluding hydrogens is 260 g/mol. The van der Waals surface area contributed by atoms with Gasteiger partial charge >= 0.3 is 0 Å². The van der Waals surface area contributed by atoms with Crippen LogP contribution < -0.4 is 0 Å². The first kappa shape index (κ1) is 15.0. The molecular formula is C18H28N2O. The SMILES string of the molecule is OCc1ccccc1CN1CCN(CC2CCCC2)CC1. The second-order valence-electron chi connectivity index (χ2n) is 6.65. The second-order valence-corrected chi connectivity index (χ2v) is 6.65. The zero-order valence-electron chi connectivity index (χ0n) is 13.0. The highest BCUT2D eigenvalue weighted by Crippen LogP contribution is 2.26. The topological polar surface area (TPSA) is 26.7 Å². The molecule has 21 heavy (non-hydrogen) atoms. The molecule has 1 aliphatic carbocycles. The monoisotopic (exact) mass is 288 g/mol. The summed E-state index contributed by atoms with van der Waals surface area (Å²) in [5, 5.41) is 9.42. The van der Waals surface area contributed by atoms with E-state index >= 15 is 0 Å². The van der Waals surface area contributed by atoms with Crippen molar-refractivity contribution < 1.29 is 5.11 Å². The quantitative estimate of drug-likeness (QED) is 0.902. The molecule has 3 heteroatoms. The zero-order valence-corrected chi connectivity index (χ0v) is 13.0. The molecule has 2 fully saturated rings. The molecule has 1 saturated heterocycles. The fraction of sp³-hybridized carbons (Fsp3) is 0.667. The molecule has 1 saturated carbocycles. The van der Waals surface area contributed by atoms with E-state index in [1.54, 1.807) is 0 Å². The number of benzene rings is 1. The van der Waals surface area contributed by atoms with Gasteiger partial charge in [0.25, 0.3) is 0 Å². The van der Waals surface area contributed by atoms with E-state index in [1.165, 1.54) is 50.9 Å². The molecule has 3 rings (SSSR count). The third-order valence-electron chi connectivity index (χ3n) is 5.14. The van der Waals surface area contributed by atoms with Gasteiger partial charge in [0.15, 0.2) is 0 Å². The van der Waals surface area contributed by atoms with E-state index in [1.807, 2.05) is 12.1 Å². The van der Waals surface area contributed by atoms with Crippen molar-refractivity contribution in [3.8, 4) is 0 Å². The summed E-state index contributed by atoms with van der Waals surface area (Å²) in [6, 6.07) is 8.27. The molecule has 1 N–H and O–H groups in total. The van der Waals surface area contributed by atoms with Crippen LogP contribution in [0.3, 0.4) is 0 Å². The van der Waals surface area contributed by atoms with Crippen LogP contribution in [-0.2, 0) is 13.2 Å². The van der Waals surface area contributed by atoms with Crippen molar-refractivity contribution in [1.29, 1.82) is 0 Å². The Balaban J connectivity index is 1.47. The van der Waals surface area contributed by atoms with Crippen molar-refractivity contribution in [2.75, 3.05) is 32.7 Å². The van der Waals surface area contributed by atoms with Gasteiger partial charge in [0.2, 0.25) is 0 Å². The van der Waals surface area contributed by atoms with Gasteiger partial charge in [0, 0.05) is 39.3 Å². The van der Waals surface area contributed by atoms with Crippen LogP contribution in [0.2, 0.25) is 0 Å². The number of nitrogens with zero attached hydrogens (tertiary/aromatic N) is 2. The van der Waals surface area contributed by atoms with Crippen LogP contribution in [0.5, 0.6) is 0 Å². The Hall–Kier alpha value is -0.900. The van der Waals surface area contributed by atoms with Crippen LogP contribution >= 0.6 is 0 Å². The Morgan fingerprint density at radius 3 is 2.19 bits per heavy atom. The Kier molecular flexibility index (Phi) is 5.28. The van der Waals surface area contributed by atoms with Gasteiger partial charge in [-0.15, -0.1) is 0 Å². The van der Waals surface area contributed by atoms with Crippen molar-refractivity contribution in [2.24, 2.45) is 5.92 Å². The van der Waals surface area contributed by atoms with Crippen LogP contribution in [0.25, 0.3) is 0 Å². The smallest absolute Gasteiger partial charge is 0.0685 e. The fourth-order valence-corrected chi connectivity index (χ4v) is 3.79. The minimum Gasteiger partial charge on any atom is -0.392 e. The third kappa shape index (κ3) is 4.06. The molecule has 0 amide bonds. The second kappa shape index (κ2) is 7.39. The van der Waals surface area contributed by atoms with Gasteiger partial charge in [-0.3, -0.25) is 4.90 Å². The first-order valence-corrected chi connectivity index (χ1v) is 8.47. The van der Waals surface area contributed by atoms with E-state index in [-0.39, 0.29) is 6.61 Å². The molecule has 2 aliphatic rings. The number of rotatable bonds is 5. The minimum absolute atomic E-state index is 0.151. The number of hydrogen-bond acceptors (Lipinski definition) is 3. The lowest BCUT2D eigenvalue weighted by Gasteiger charge is -2.36. The largest absolute Gasteiger partial charge is 0.392 e. The van der Waals surface area contributed by atoms with E-state index in [9.17, 15) is 5.11 Å². The van der Waals surface area contributed by atoms with Gasteiger partial charge in [0.05, 0.1) is 6.61 Å². The molecule has 0 bridgehead atoms. The Morgan fingerprint density at radius 1 is 0.905 bits per heavy atom. The van der Waals surface area contributed by atoms with Crippen molar-refractivity contribution >= 4 is 0 Å². The average molecular weight is 288 g/mol. The lowest BCUT2D eigenvalue weighted by molar-refractivity contribution is 0.113. The van der Waals surface area contributed by atoms with Gasteiger partial charge < -0.3 is 10.0 Å². The standard InChI is InChI=1S/C18H28N2O/c21-15-18-8-4-3-7-17(18)14-20-11-9-19(10-12-20)13-16-5-1-2-6-16/h3-4,7-8,16,21H,1-2,5-6,9-15H2. The lowest BCUT2D eigenvalue weighted by Crippen LogP contribution is -2.47. The molecule has 1 heterocycles. The summed E-state index contributed by atoms with van der Waals surface area (Å²) < 4.78 is 0. The summed E-state index contributed by atoms with van der Waals surface area (Å²) in [6.45, 7) is 7.18. The Morgan fingerprint density at radius 2 is 1.52 bits per heavy atom. The molecule has 0 radical (unpaired) electrons. The van der Waals surface area contributed by atoms with E-state index in [0.29, 0.717) is 0 Å². The summed E-state index contributed by atoms with van der Waals surface area (Å²) in [5.41, 5.74) is 2.36. The summed E-state index contributed by atoms with van der Waals surface area (Å²) in [6.07, 6.45) is 5.79. The van der Waals surface area contributed by atoms with Gasteiger partial charge in [-0.2, -0.15) is 0 Å². The van der Waals surface area contributed by atoms with Gasteiger partial charge in [-0.05, 0) is 29.9 Å². The number of hydrogen-bond donors (Lipinski definition) is 1. The highest BCUT2D eigenvalue weighted by molar-refractivity contribution is 5.26. The Labute approximate surface area is 128 Å². The van der Waals surface area contributed by atoms with E-state index in [2.05, 4.69) is 21.9 Å². The predicted molar refractivity (Wildman–Crippen MR) is 86.0 cm³/mol. The normalized spacial score (nSPS) is 22.0. The number of aliphatic hydroxyl groups is 1. The van der Waals surface area contributed by atoms with Gasteiger partial charge in [0.1, 0.15) is 0 Å². The first-order valence-electron chi connectivity index (χ1n) is 8.47. The van der Waals surface area contributed by atoms with Crippen molar-refractivity contribution in [3.05, 3.63) is 35.4 Å². The van der Waals surface area contributed by atoms with E-state index < -0.39 is 0 Å². The molecule has 1 aromatic rings. The predicted octanol–water partition coefficient (Wildman–Crippen LogP) is 2.49. The highest BCUT2D eigenvalue weighted by Gasteiger charge is 2.22. The molecule has 1 aromatic carbocycles. The summed E-state index contributed by atoms with van der Waals surface area (Å²) in [7, 11) is 0. The van der Waals surface area contributed by atoms with Crippen molar-refractivity contribution in [3.63, 3.8) is 0 Å². The maximum absolute atomic E-state index is 9.42.